The van der Waals surface area contributed by atoms with E-state index in [0.29, 0.717) is 24.4 Å². The van der Waals surface area contributed by atoms with Crippen molar-refractivity contribution in [3.05, 3.63) is 72.0 Å². The summed E-state index contributed by atoms with van der Waals surface area (Å²) in [7, 11) is -3.52. The van der Waals surface area contributed by atoms with Gasteiger partial charge in [0.2, 0.25) is 15.9 Å². The lowest BCUT2D eigenvalue weighted by molar-refractivity contribution is 0.207. The molecule has 1 aliphatic heterocycles. The van der Waals surface area contributed by atoms with E-state index in [1.165, 1.54) is 22.5 Å². The molecule has 3 aromatic rings. The van der Waals surface area contributed by atoms with Gasteiger partial charge >= 0.3 is 0 Å². The Balaban J connectivity index is 1.42. The van der Waals surface area contributed by atoms with Crippen LogP contribution < -0.4 is 4.74 Å². The molecule has 1 aliphatic rings. The van der Waals surface area contributed by atoms with Crippen LogP contribution in [0.2, 0.25) is 0 Å². The summed E-state index contributed by atoms with van der Waals surface area (Å²) in [5.74, 6) is -0.165. The molecule has 1 saturated heterocycles. The van der Waals surface area contributed by atoms with Gasteiger partial charge in [-0.2, -0.15) is 4.31 Å². The number of halogens is 1. The number of hydrogen-bond donors (Lipinski definition) is 0. The number of fused-ring (bicyclic) bond motifs is 1. The Bertz CT molecular complexity index is 1070. The van der Waals surface area contributed by atoms with Crippen molar-refractivity contribution in [2.75, 3.05) is 13.1 Å². The minimum absolute atomic E-state index is 0.217. The summed E-state index contributed by atoms with van der Waals surface area (Å²) in [4.78, 5) is 4.47. The molecule has 0 N–H and O–H groups in total. The maximum atomic E-state index is 13.3. The Labute approximate surface area is 157 Å². The van der Waals surface area contributed by atoms with Crippen molar-refractivity contribution in [1.29, 1.82) is 0 Å². The summed E-state index contributed by atoms with van der Waals surface area (Å²) in [6.07, 6.45) is 0.345. The van der Waals surface area contributed by atoms with Gasteiger partial charge in [0.25, 0.3) is 0 Å². The Morgan fingerprint density at radius 3 is 2.81 bits per heavy atom. The Kier molecular flexibility index (Phi) is 4.80. The zero-order chi connectivity index (χ0) is 18.9. The molecule has 140 valence electrons. The fourth-order valence-corrected chi connectivity index (χ4v) is 4.82. The van der Waals surface area contributed by atoms with Gasteiger partial charge in [-0.3, -0.25) is 0 Å². The van der Waals surface area contributed by atoms with Crippen LogP contribution in [0, 0.1) is 5.82 Å². The number of hydrogen-bond acceptors (Lipinski definition) is 4. The predicted molar refractivity (Wildman–Crippen MR) is 101 cm³/mol. The second-order valence-corrected chi connectivity index (χ2v) is 8.58. The van der Waals surface area contributed by atoms with E-state index in [0.717, 1.165) is 10.9 Å². The zero-order valence-electron chi connectivity index (χ0n) is 14.6. The summed E-state index contributed by atoms with van der Waals surface area (Å²) in [5.41, 5.74) is 1.28. The molecule has 2 heterocycles. The van der Waals surface area contributed by atoms with Crippen LogP contribution in [0.3, 0.4) is 0 Å². The highest BCUT2D eigenvalue weighted by Gasteiger charge is 2.32. The number of pyridine rings is 1. The molecule has 0 radical (unpaired) electrons. The minimum atomic E-state index is -3.52. The van der Waals surface area contributed by atoms with Gasteiger partial charge in [0.1, 0.15) is 11.9 Å². The summed E-state index contributed by atoms with van der Waals surface area (Å²) in [6, 6.07) is 17.2. The lowest BCUT2D eigenvalue weighted by atomic mass is 10.2. The van der Waals surface area contributed by atoms with Crippen LogP contribution in [0.15, 0.2) is 60.7 Å². The maximum Gasteiger partial charge on any atom is 0.218 e. The van der Waals surface area contributed by atoms with Gasteiger partial charge in [-0.15, -0.1) is 0 Å². The molecule has 1 unspecified atom stereocenters. The first-order valence-corrected chi connectivity index (χ1v) is 10.4. The van der Waals surface area contributed by atoms with Crippen LogP contribution in [0.4, 0.5) is 4.39 Å². The third kappa shape index (κ3) is 4.09. The van der Waals surface area contributed by atoms with E-state index < -0.39 is 15.8 Å². The van der Waals surface area contributed by atoms with Gasteiger partial charge in [0, 0.05) is 18.0 Å². The largest absolute Gasteiger partial charge is 0.473 e. The maximum absolute atomic E-state index is 13.3. The third-order valence-corrected chi connectivity index (χ3v) is 6.42. The summed E-state index contributed by atoms with van der Waals surface area (Å²) < 4.78 is 45.8. The summed E-state index contributed by atoms with van der Waals surface area (Å²) in [6.45, 7) is 0.655. The molecule has 0 saturated carbocycles. The van der Waals surface area contributed by atoms with Gasteiger partial charge < -0.3 is 4.74 Å². The molecule has 2 aromatic carbocycles. The highest BCUT2D eigenvalue weighted by atomic mass is 32.2. The van der Waals surface area contributed by atoms with Crippen molar-refractivity contribution in [3.8, 4) is 5.88 Å². The standard InChI is InChI=1S/C20H19FN2O3S/c21-17-6-3-4-15(12-17)14-27(24,25)23-11-10-18(13-23)26-20-9-8-16-5-1-2-7-19(16)22-20/h1-9,12,18H,10-11,13-14H2. The third-order valence-electron chi connectivity index (χ3n) is 4.60. The molecule has 1 atom stereocenters. The number of ether oxygens (including phenoxy) is 1. The van der Waals surface area contributed by atoms with E-state index in [2.05, 4.69) is 4.98 Å². The van der Waals surface area contributed by atoms with E-state index in [1.54, 1.807) is 12.1 Å². The van der Waals surface area contributed by atoms with Crippen LogP contribution in [0.25, 0.3) is 10.9 Å². The van der Waals surface area contributed by atoms with Gasteiger partial charge in [-0.1, -0.05) is 30.3 Å². The molecule has 4 rings (SSSR count). The van der Waals surface area contributed by atoms with Crippen molar-refractivity contribution in [2.45, 2.75) is 18.3 Å². The number of sulfonamides is 1. The van der Waals surface area contributed by atoms with Gasteiger partial charge in [-0.05, 0) is 36.2 Å². The smallest absolute Gasteiger partial charge is 0.218 e. The molecule has 0 spiro atoms. The summed E-state index contributed by atoms with van der Waals surface area (Å²) >= 11 is 0. The quantitative estimate of drug-likeness (QED) is 0.675. The normalized spacial score (nSPS) is 18.0. The molecule has 1 aromatic heterocycles. The van der Waals surface area contributed by atoms with Crippen LogP contribution in [-0.4, -0.2) is 36.9 Å². The van der Waals surface area contributed by atoms with Crippen molar-refractivity contribution in [2.24, 2.45) is 0 Å². The fraction of sp³-hybridized carbons (Fsp3) is 0.250. The van der Waals surface area contributed by atoms with E-state index in [1.807, 2.05) is 30.3 Å². The van der Waals surface area contributed by atoms with Crippen LogP contribution in [0.5, 0.6) is 5.88 Å². The number of para-hydroxylation sites is 1. The van der Waals surface area contributed by atoms with Crippen molar-refractivity contribution >= 4 is 20.9 Å². The number of rotatable bonds is 5. The molecule has 5 nitrogen and oxygen atoms in total. The minimum Gasteiger partial charge on any atom is -0.473 e. The first-order chi connectivity index (χ1) is 13.0. The number of benzene rings is 2. The fourth-order valence-electron chi connectivity index (χ4n) is 3.26. The molecule has 1 fully saturated rings. The first-order valence-electron chi connectivity index (χ1n) is 8.74. The zero-order valence-corrected chi connectivity index (χ0v) is 15.4. The van der Waals surface area contributed by atoms with Crippen LogP contribution >= 0.6 is 0 Å². The average Bonchev–Trinajstić information content (AvgIpc) is 3.11. The molecular formula is C20H19FN2O3S. The van der Waals surface area contributed by atoms with E-state index in [-0.39, 0.29) is 18.4 Å². The van der Waals surface area contributed by atoms with Crippen LogP contribution in [0.1, 0.15) is 12.0 Å². The van der Waals surface area contributed by atoms with Gasteiger partial charge in [-0.25, -0.2) is 17.8 Å². The Morgan fingerprint density at radius 1 is 1.11 bits per heavy atom. The topological polar surface area (TPSA) is 59.5 Å². The predicted octanol–water partition coefficient (Wildman–Crippen LogP) is 3.36. The highest BCUT2D eigenvalue weighted by molar-refractivity contribution is 7.88. The van der Waals surface area contributed by atoms with E-state index in [9.17, 15) is 12.8 Å². The lowest BCUT2D eigenvalue weighted by Gasteiger charge is -2.17. The Hall–Kier alpha value is -2.51. The summed E-state index contributed by atoms with van der Waals surface area (Å²) in [5, 5.41) is 1.02. The molecule has 0 amide bonds. The molecular weight excluding hydrogens is 367 g/mol. The average molecular weight is 386 g/mol. The molecule has 0 aliphatic carbocycles. The monoisotopic (exact) mass is 386 g/mol. The lowest BCUT2D eigenvalue weighted by Crippen LogP contribution is -2.32. The SMILES string of the molecule is O=S(=O)(Cc1cccc(F)c1)N1CCC(Oc2ccc3ccccc3n2)C1. The van der Waals surface area contributed by atoms with Crippen molar-refractivity contribution in [3.63, 3.8) is 0 Å². The van der Waals surface area contributed by atoms with Gasteiger partial charge in [0.15, 0.2) is 0 Å². The molecule has 0 bridgehead atoms. The molecule has 7 heteroatoms. The number of nitrogens with zero attached hydrogens (tertiary/aromatic N) is 2. The second-order valence-electron chi connectivity index (χ2n) is 6.61. The highest BCUT2D eigenvalue weighted by Crippen LogP contribution is 2.23. The van der Waals surface area contributed by atoms with Gasteiger partial charge in [0.05, 0.1) is 17.8 Å². The van der Waals surface area contributed by atoms with Crippen molar-refractivity contribution < 1.29 is 17.5 Å². The number of aromatic nitrogens is 1. The first kappa shape index (κ1) is 17.9. The van der Waals surface area contributed by atoms with E-state index in [4.69, 9.17) is 4.74 Å². The molecule has 27 heavy (non-hydrogen) atoms. The second kappa shape index (κ2) is 7.25. The van der Waals surface area contributed by atoms with E-state index >= 15 is 0 Å². The van der Waals surface area contributed by atoms with Crippen LogP contribution in [-0.2, 0) is 15.8 Å². The Morgan fingerprint density at radius 2 is 1.96 bits per heavy atom. The van der Waals surface area contributed by atoms with Crippen molar-refractivity contribution in [1.82, 2.24) is 9.29 Å².